The van der Waals surface area contributed by atoms with Gasteiger partial charge < -0.3 is 14.2 Å². The molecule has 4 rings (SSSR count). The summed E-state index contributed by atoms with van der Waals surface area (Å²) in [5, 5.41) is 23.8. The van der Waals surface area contributed by atoms with E-state index >= 15 is 0 Å². The first-order valence-electron chi connectivity index (χ1n) is 10.5. The summed E-state index contributed by atoms with van der Waals surface area (Å²) in [6.45, 7) is 3.55. The molecule has 186 valence electrons. The largest absolute Gasteiger partial charge is 0.480 e. The number of aromatic nitrogens is 2. The van der Waals surface area contributed by atoms with Gasteiger partial charge in [0.1, 0.15) is 12.3 Å². The van der Waals surface area contributed by atoms with Crippen molar-refractivity contribution in [2.24, 2.45) is 5.41 Å². The molecule has 1 amide bonds. The quantitative estimate of drug-likeness (QED) is 0.359. The van der Waals surface area contributed by atoms with Crippen molar-refractivity contribution < 1.29 is 32.1 Å². The van der Waals surface area contributed by atoms with Crippen LogP contribution in [0, 0.1) is 26.9 Å². The van der Waals surface area contributed by atoms with Gasteiger partial charge in [-0.15, -0.1) is 0 Å². The summed E-state index contributed by atoms with van der Waals surface area (Å²) in [5.74, 6) is -0.517. The number of alkyl halides is 3. The van der Waals surface area contributed by atoms with Gasteiger partial charge in [0.15, 0.2) is 6.10 Å². The summed E-state index contributed by atoms with van der Waals surface area (Å²) in [6, 6.07) is 10.1. The van der Waals surface area contributed by atoms with Crippen LogP contribution in [0.1, 0.15) is 30.9 Å². The van der Waals surface area contributed by atoms with Gasteiger partial charge >= 0.3 is 6.18 Å². The molecule has 1 unspecified atom stereocenters. The number of ether oxygens (including phenoxy) is 1. The highest BCUT2D eigenvalue weighted by molar-refractivity contribution is 5.84. The molecular formula is C23H18F3N5O5. The van der Waals surface area contributed by atoms with E-state index in [-0.39, 0.29) is 36.2 Å². The van der Waals surface area contributed by atoms with Gasteiger partial charge in [0, 0.05) is 29.7 Å². The summed E-state index contributed by atoms with van der Waals surface area (Å²) in [7, 11) is 0. The van der Waals surface area contributed by atoms with Crippen LogP contribution in [0.5, 0.6) is 5.75 Å². The third-order valence-electron chi connectivity index (χ3n) is 5.62. The fourth-order valence-corrected chi connectivity index (χ4v) is 3.92. The number of hydrogen-bond acceptors (Lipinski definition) is 8. The molecule has 1 fully saturated rings. The fourth-order valence-electron chi connectivity index (χ4n) is 3.92. The Kier molecular flexibility index (Phi) is 6.13. The van der Waals surface area contributed by atoms with Gasteiger partial charge in [-0.05, 0) is 18.2 Å². The summed E-state index contributed by atoms with van der Waals surface area (Å²) in [6.07, 6.45) is -5.87. The zero-order chi connectivity index (χ0) is 26.3. The third-order valence-corrected chi connectivity index (χ3v) is 5.62. The number of nitro benzene ring substituents is 1. The van der Waals surface area contributed by atoms with Gasteiger partial charge in [-0.3, -0.25) is 14.9 Å². The third kappa shape index (κ3) is 4.83. The molecule has 3 aromatic rings. The molecule has 0 spiro atoms. The van der Waals surface area contributed by atoms with E-state index in [1.54, 1.807) is 19.9 Å². The molecule has 0 aliphatic carbocycles. The zero-order valence-electron chi connectivity index (χ0n) is 18.9. The SMILES string of the molecule is CC1(C)CN(Cc2nc(-c3cccc([N+](=O)[O-])c3)no2)C(=O)C1Oc1ccc(C#N)c(C(F)(F)F)c1. The number of halogens is 3. The molecule has 0 saturated carbocycles. The monoisotopic (exact) mass is 501 g/mol. The second kappa shape index (κ2) is 8.95. The number of benzene rings is 2. The maximum Gasteiger partial charge on any atom is 0.417 e. The molecule has 36 heavy (non-hydrogen) atoms. The Morgan fingerprint density at radius 2 is 2.06 bits per heavy atom. The van der Waals surface area contributed by atoms with Gasteiger partial charge in [-0.25, -0.2) is 0 Å². The van der Waals surface area contributed by atoms with Crippen LogP contribution in [-0.2, 0) is 17.5 Å². The van der Waals surface area contributed by atoms with E-state index in [0.29, 0.717) is 11.6 Å². The van der Waals surface area contributed by atoms with Gasteiger partial charge in [-0.2, -0.15) is 23.4 Å². The van der Waals surface area contributed by atoms with Crippen molar-refractivity contribution in [1.82, 2.24) is 15.0 Å². The van der Waals surface area contributed by atoms with Crippen LogP contribution >= 0.6 is 0 Å². The number of hydrogen-bond donors (Lipinski definition) is 0. The van der Waals surface area contributed by atoms with E-state index in [0.717, 1.165) is 6.07 Å². The first-order chi connectivity index (χ1) is 16.9. The van der Waals surface area contributed by atoms with E-state index in [9.17, 15) is 28.1 Å². The Balaban J connectivity index is 1.52. The Hall–Kier alpha value is -4.47. The molecule has 0 bridgehead atoms. The molecule has 1 saturated heterocycles. The number of rotatable bonds is 6. The van der Waals surface area contributed by atoms with E-state index < -0.39 is 39.7 Å². The maximum atomic E-state index is 13.3. The van der Waals surface area contributed by atoms with Gasteiger partial charge in [0.25, 0.3) is 11.6 Å². The van der Waals surface area contributed by atoms with Crippen LogP contribution in [0.2, 0.25) is 0 Å². The topological polar surface area (TPSA) is 135 Å². The van der Waals surface area contributed by atoms with E-state index in [1.807, 2.05) is 0 Å². The predicted molar refractivity (Wildman–Crippen MR) is 116 cm³/mol. The number of carbonyl (C=O) groups is 1. The van der Waals surface area contributed by atoms with Crippen molar-refractivity contribution in [3.8, 4) is 23.2 Å². The first kappa shape index (κ1) is 24.6. The molecule has 0 N–H and O–H groups in total. The van der Waals surface area contributed by atoms with E-state index in [1.165, 1.54) is 35.2 Å². The number of amides is 1. The average molecular weight is 501 g/mol. The first-order valence-corrected chi connectivity index (χ1v) is 10.5. The summed E-state index contributed by atoms with van der Waals surface area (Å²) < 4.78 is 50.8. The minimum atomic E-state index is -4.76. The Labute approximate surface area is 202 Å². The average Bonchev–Trinajstić information content (AvgIpc) is 3.36. The minimum Gasteiger partial charge on any atom is -0.480 e. The van der Waals surface area contributed by atoms with Gasteiger partial charge in [0.2, 0.25) is 11.7 Å². The summed E-state index contributed by atoms with van der Waals surface area (Å²) in [5.41, 5.74) is -2.28. The van der Waals surface area contributed by atoms with Crippen molar-refractivity contribution in [3.63, 3.8) is 0 Å². The number of nitriles is 1. The molecular weight excluding hydrogens is 483 g/mol. The predicted octanol–water partition coefficient (Wildman–Crippen LogP) is 4.35. The lowest BCUT2D eigenvalue weighted by atomic mass is 9.89. The van der Waals surface area contributed by atoms with Crippen LogP contribution in [0.25, 0.3) is 11.4 Å². The fraction of sp³-hybridized carbons (Fsp3) is 0.304. The standard InChI is InChI=1S/C23H18F3N5O5/c1-22(2)12-30(11-18-28-20(29-36-18)13-4-3-5-15(8-13)31(33)34)21(32)19(22)35-16-7-6-14(10-27)17(9-16)23(24,25)26/h3-9,19H,11-12H2,1-2H3. The highest BCUT2D eigenvalue weighted by atomic mass is 19.4. The maximum absolute atomic E-state index is 13.3. The molecule has 2 heterocycles. The van der Waals surface area contributed by atoms with Crippen molar-refractivity contribution in [2.45, 2.75) is 32.7 Å². The van der Waals surface area contributed by atoms with Crippen molar-refractivity contribution in [1.29, 1.82) is 5.26 Å². The normalized spacial score (nSPS) is 17.2. The molecule has 1 aliphatic heterocycles. The smallest absolute Gasteiger partial charge is 0.417 e. The van der Waals surface area contributed by atoms with Crippen LogP contribution in [0.3, 0.4) is 0 Å². The lowest BCUT2D eigenvalue weighted by Crippen LogP contribution is -2.36. The number of nitrogens with zero attached hydrogens (tertiary/aromatic N) is 5. The number of non-ortho nitro benzene ring substituents is 1. The van der Waals surface area contributed by atoms with E-state index in [2.05, 4.69) is 10.1 Å². The highest BCUT2D eigenvalue weighted by Crippen LogP contribution is 2.38. The Morgan fingerprint density at radius 3 is 2.72 bits per heavy atom. The molecule has 1 aliphatic rings. The van der Waals surface area contributed by atoms with Crippen LogP contribution in [0.4, 0.5) is 18.9 Å². The lowest BCUT2D eigenvalue weighted by molar-refractivity contribution is -0.384. The second-order valence-corrected chi connectivity index (χ2v) is 8.82. The Morgan fingerprint density at radius 1 is 1.31 bits per heavy atom. The second-order valence-electron chi connectivity index (χ2n) is 8.82. The van der Waals surface area contributed by atoms with Crippen LogP contribution in [-0.4, -0.2) is 38.5 Å². The lowest BCUT2D eigenvalue weighted by Gasteiger charge is -2.24. The van der Waals surface area contributed by atoms with Crippen LogP contribution < -0.4 is 4.74 Å². The molecule has 0 radical (unpaired) electrons. The molecule has 10 nitrogen and oxygen atoms in total. The van der Waals surface area contributed by atoms with Crippen molar-refractivity contribution in [2.75, 3.05) is 6.54 Å². The van der Waals surface area contributed by atoms with Crippen molar-refractivity contribution >= 4 is 11.6 Å². The van der Waals surface area contributed by atoms with Gasteiger partial charge in [-0.1, -0.05) is 31.1 Å². The van der Waals surface area contributed by atoms with Gasteiger partial charge in [0.05, 0.1) is 22.1 Å². The molecule has 1 aromatic heterocycles. The zero-order valence-corrected chi connectivity index (χ0v) is 18.9. The highest BCUT2D eigenvalue weighted by Gasteiger charge is 2.48. The number of nitro groups is 1. The summed E-state index contributed by atoms with van der Waals surface area (Å²) in [4.78, 5) is 29.1. The number of carbonyl (C=O) groups excluding carboxylic acids is 1. The van der Waals surface area contributed by atoms with E-state index in [4.69, 9.17) is 14.5 Å². The van der Waals surface area contributed by atoms with Crippen molar-refractivity contribution in [3.05, 3.63) is 69.6 Å². The van der Waals surface area contributed by atoms with Crippen LogP contribution in [0.15, 0.2) is 47.0 Å². The molecule has 13 heteroatoms. The minimum absolute atomic E-state index is 0.0686. The molecule has 2 aromatic carbocycles. The Bertz CT molecular complexity index is 1380. The number of likely N-dealkylation sites (tertiary alicyclic amines) is 1. The molecule has 1 atom stereocenters. The summed E-state index contributed by atoms with van der Waals surface area (Å²) >= 11 is 0.